The van der Waals surface area contributed by atoms with E-state index in [1.165, 1.54) is 4.90 Å². The molecule has 1 aliphatic heterocycles. The van der Waals surface area contributed by atoms with E-state index in [4.69, 9.17) is 22.4 Å². The Balaban J connectivity index is 1.66. The van der Waals surface area contributed by atoms with Crippen molar-refractivity contribution in [2.75, 3.05) is 13.2 Å². The van der Waals surface area contributed by atoms with Gasteiger partial charge in [0.15, 0.2) is 0 Å². The van der Waals surface area contributed by atoms with Crippen LogP contribution in [0.3, 0.4) is 0 Å². The molecule has 1 aromatic heterocycles. The molecule has 1 aliphatic rings. The number of rotatable bonds is 6. The fraction of sp³-hybridized carbons (Fsp3) is 0.167. The topological polar surface area (TPSA) is 85.8 Å². The molecule has 2 heterocycles. The Bertz CT molecular complexity index is 861. The van der Waals surface area contributed by atoms with E-state index in [2.05, 4.69) is 4.74 Å². The molecule has 1 fully saturated rings. The van der Waals surface area contributed by atoms with E-state index in [0.717, 1.165) is 23.1 Å². The minimum absolute atomic E-state index is 0.143. The fourth-order valence-corrected chi connectivity index (χ4v) is 3.67. The Kier molecular flexibility index (Phi) is 5.75. The van der Waals surface area contributed by atoms with Gasteiger partial charge >= 0.3 is 6.09 Å². The lowest BCUT2D eigenvalue weighted by Gasteiger charge is -2.13. The van der Waals surface area contributed by atoms with Gasteiger partial charge in [-0.1, -0.05) is 42.5 Å². The molecular formula is C18H16N2O4S2. The predicted octanol–water partition coefficient (Wildman–Crippen LogP) is 4.27. The summed E-state index contributed by atoms with van der Waals surface area (Å²) in [5.74, 6) is 1.37. The number of amides is 2. The highest BCUT2D eigenvalue weighted by Crippen LogP contribution is 2.34. The van der Waals surface area contributed by atoms with Crippen LogP contribution in [0.2, 0.25) is 0 Å². The van der Waals surface area contributed by atoms with Gasteiger partial charge < -0.3 is 14.9 Å². The van der Waals surface area contributed by atoms with Gasteiger partial charge in [0.2, 0.25) is 0 Å². The van der Waals surface area contributed by atoms with Crippen molar-refractivity contribution in [1.29, 1.82) is 0 Å². The summed E-state index contributed by atoms with van der Waals surface area (Å²) in [6.45, 7) is 0.507. The normalized spacial score (nSPS) is 15.7. The standard InChI is InChI=1S/C18H16N2O4S2/c19-17(21)23-10-4-9-20-16(25)15(26-18(20)22)11-13-7-8-14(24-13)12-5-2-1-3-6-12/h1-3,5-8,11H,4,9-10H2,(H2,19,21). The summed E-state index contributed by atoms with van der Waals surface area (Å²) < 4.78 is 10.5. The molecule has 2 amide bonds. The van der Waals surface area contributed by atoms with Gasteiger partial charge in [0, 0.05) is 12.1 Å². The first-order chi connectivity index (χ1) is 12.5. The average molecular weight is 388 g/mol. The maximum atomic E-state index is 12.1. The number of primary amides is 1. The summed E-state index contributed by atoms with van der Waals surface area (Å²) >= 11 is 6.44. The third-order valence-electron chi connectivity index (χ3n) is 3.60. The Morgan fingerprint density at radius 1 is 1.27 bits per heavy atom. The molecule has 8 heteroatoms. The van der Waals surface area contributed by atoms with Gasteiger partial charge in [-0.05, 0) is 36.4 Å². The first kappa shape index (κ1) is 18.2. The number of benzene rings is 1. The van der Waals surface area contributed by atoms with E-state index in [1.807, 2.05) is 42.5 Å². The molecular weight excluding hydrogens is 372 g/mol. The van der Waals surface area contributed by atoms with E-state index in [9.17, 15) is 9.59 Å². The van der Waals surface area contributed by atoms with E-state index in [1.54, 1.807) is 6.08 Å². The summed E-state index contributed by atoms with van der Waals surface area (Å²) in [6, 6.07) is 13.5. The predicted molar refractivity (Wildman–Crippen MR) is 105 cm³/mol. The van der Waals surface area contributed by atoms with Crippen molar-refractivity contribution in [3.8, 4) is 11.3 Å². The van der Waals surface area contributed by atoms with Crippen molar-refractivity contribution in [1.82, 2.24) is 4.90 Å². The number of furan rings is 1. The Hall–Kier alpha value is -2.58. The first-order valence-corrected chi connectivity index (χ1v) is 9.10. The van der Waals surface area contributed by atoms with E-state index >= 15 is 0 Å². The average Bonchev–Trinajstić information content (AvgIpc) is 3.19. The van der Waals surface area contributed by atoms with Crippen LogP contribution >= 0.6 is 24.0 Å². The summed E-state index contributed by atoms with van der Waals surface area (Å²) in [5, 5.41) is -0.157. The maximum absolute atomic E-state index is 12.1. The molecule has 2 aromatic rings. The molecule has 0 aliphatic carbocycles. The highest BCUT2D eigenvalue weighted by Gasteiger charge is 2.31. The molecule has 0 bridgehead atoms. The fourth-order valence-electron chi connectivity index (χ4n) is 2.41. The number of thiocarbonyl (C=S) groups is 1. The quantitative estimate of drug-likeness (QED) is 0.452. The monoisotopic (exact) mass is 388 g/mol. The van der Waals surface area contributed by atoms with Crippen molar-refractivity contribution in [2.45, 2.75) is 6.42 Å². The van der Waals surface area contributed by atoms with Gasteiger partial charge in [0.1, 0.15) is 16.5 Å². The smallest absolute Gasteiger partial charge is 0.404 e. The van der Waals surface area contributed by atoms with Crippen molar-refractivity contribution in [3.63, 3.8) is 0 Å². The van der Waals surface area contributed by atoms with Crippen LogP contribution in [0, 0.1) is 0 Å². The number of nitrogens with two attached hydrogens (primary N) is 1. The number of hydrogen-bond donors (Lipinski definition) is 1. The number of ether oxygens (including phenoxy) is 1. The maximum Gasteiger partial charge on any atom is 0.404 e. The van der Waals surface area contributed by atoms with Crippen LogP contribution in [0.25, 0.3) is 17.4 Å². The number of carbonyl (C=O) groups excluding carboxylic acids is 2. The summed E-state index contributed by atoms with van der Waals surface area (Å²) in [6.07, 6.45) is 1.39. The second-order valence-corrected chi connectivity index (χ2v) is 6.80. The Morgan fingerprint density at radius 3 is 2.77 bits per heavy atom. The molecule has 0 atom stereocenters. The summed E-state index contributed by atoms with van der Waals surface area (Å²) in [4.78, 5) is 25.3. The highest BCUT2D eigenvalue weighted by atomic mass is 32.2. The molecule has 0 unspecified atom stereocenters. The number of carbonyl (C=O) groups is 2. The molecule has 2 N–H and O–H groups in total. The van der Waals surface area contributed by atoms with Crippen LogP contribution in [0.15, 0.2) is 51.8 Å². The molecule has 6 nitrogen and oxygen atoms in total. The third kappa shape index (κ3) is 4.33. The van der Waals surface area contributed by atoms with Gasteiger partial charge in [-0.3, -0.25) is 9.69 Å². The van der Waals surface area contributed by atoms with E-state index in [0.29, 0.717) is 28.6 Å². The van der Waals surface area contributed by atoms with Gasteiger partial charge in [-0.15, -0.1) is 0 Å². The second-order valence-electron chi connectivity index (χ2n) is 5.42. The van der Waals surface area contributed by atoms with Crippen LogP contribution in [0.1, 0.15) is 12.2 Å². The van der Waals surface area contributed by atoms with Crippen molar-refractivity contribution < 1.29 is 18.7 Å². The molecule has 0 radical (unpaired) electrons. The molecule has 0 spiro atoms. The van der Waals surface area contributed by atoms with Crippen molar-refractivity contribution >= 4 is 46.4 Å². The van der Waals surface area contributed by atoms with E-state index in [-0.39, 0.29) is 11.8 Å². The minimum Gasteiger partial charge on any atom is -0.457 e. The summed E-state index contributed by atoms with van der Waals surface area (Å²) in [5.41, 5.74) is 5.88. The summed E-state index contributed by atoms with van der Waals surface area (Å²) in [7, 11) is 0. The van der Waals surface area contributed by atoms with Crippen LogP contribution in [0.4, 0.5) is 9.59 Å². The van der Waals surface area contributed by atoms with Crippen LogP contribution in [0.5, 0.6) is 0 Å². The largest absolute Gasteiger partial charge is 0.457 e. The van der Waals surface area contributed by atoms with Gasteiger partial charge in [-0.25, -0.2) is 4.79 Å². The first-order valence-electron chi connectivity index (χ1n) is 7.87. The van der Waals surface area contributed by atoms with Crippen molar-refractivity contribution in [2.24, 2.45) is 5.73 Å². The Morgan fingerprint density at radius 2 is 2.04 bits per heavy atom. The molecule has 1 aromatic carbocycles. The lowest BCUT2D eigenvalue weighted by atomic mass is 10.2. The zero-order chi connectivity index (χ0) is 18.5. The molecule has 134 valence electrons. The minimum atomic E-state index is -0.831. The zero-order valence-corrected chi connectivity index (χ0v) is 15.3. The number of thioether (sulfide) groups is 1. The van der Waals surface area contributed by atoms with Crippen molar-refractivity contribution in [3.05, 3.63) is 53.1 Å². The third-order valence-corrected chi connectivity index (χ3v) is 5.10. The SMILES string of the molecule is NC(=O)OCCCN1C(=O)SC(=Cc2ccc(-c3ccccc3)o2)C1=S. The zero-order valence-electron chi connectivity index (χ0n) is 13.7. The highest BCUT2D eigenvalue weighted by molar-refractivity contribution is 8.19. The molecule has 1 saturated heterocycles. The second kappa shape index (κ2) is 8.20. The van der Waals surface area contributed by atoms with E-state index < -0.39 is 6.09 Å². The van der Waals surface area contributed by atoms with Gasteiger partial charge in [0.05, 0.1) is 11.5 Å². The number of nitrogens with zero attached hydrogens (tertiary/aromatic N) is 1. The number of hydrogen-bond acceptors (Lipinski definition) is 6. The lowest BCUT2D eigenvalue weighted by Crippen LogP contribution is -2.29. The molecule has 26 heavy (non-hydrogen) atoms. The molecule has 3 rings (SSSR count). The van der Waals surface area contributed by atoms with Gasteiger partial charge in [-0.2, -0.15) is 0 Å². The van der Waals surface area contributed by atoms with Crippen LogP contribution < -0.4 is 5.73 Å². The molecule has 0 saturated carbocycles. The lowest BCUT2D eigenvalue weighted by molar-refractivity contribution is 0.153. The van der Waals surface area contributed by atoms with Crippen LogP contribution in [-0.4, -0.2) is 34.4 Å². The van der Waals surface area contributed by atoms with Gasteiger partial charge in [0.25, 0.3) is 5.24 Å². The Labute approximate surface area is 160 Å². The van der Waals surface area contributed by atoms with Crippen LogP contribution in [-0.2, 0) is 4.74 Å².